The Morgan fingerprint density at radius 1 is 1.31 bits per heavy atom. The van der Waals surface area contributed by atoms with Gasteiger partial charge < -0.3 is 0 Å². The maximum atomic E-state index is 11.7. The van der Waals surface area contributed by atoms with Gasteiger partial charge in [-0.3, -0.25) is 4.79 Å². The second-order valence-electron chi connectivity index (χ2n) is 3.85. The van der Waals surface area contributed by atoms with Crippen molar-refractivity contribution in [3.63, 3.8) is 0 Å². The predicted molar refractivity (Wildman–Crippen MR) is 61.3 cm³/mol. The minimum absolute atomic E-state index is 0.0538. The van der Waals surface area contributed by atoms with E-state index in [2.05, 4.69) is 15.1 Å². The Morgan fingerprint density at radius 3 is 2.44 bits per heavy atom. The van der Waals surface area contributed by atoms with E-state index < -0.39 is 0 Å². The van der Waals surface area contributed by atoms with Crippen LogP contribution >= 0.6 is 0 Å². The lowest BCUT2D eigenvalue weighted by molar-refractivity contribution is -0.117. The zero-order valence-electron chi connectivity index (χ0n) is 9.69. The lowest BCUT2D eigenvalue weighted by Gasteiger charge is -2.10. The van der Waals surface area contributed by atoms with Crippen LogP contribution in [0.3, 0.4) is 0 Å². The summed E-state index contributed by atoms with van der Waals surface area (Å²) in [5, 5.41) is 5.52. The van der Waals surface area contributed by atoms with E-state index in [0.717, 1.165) is 23.5 Å². The number of amides is 1. The molecule has 1 aliphatic heterocycles. The third kappa shape index (κ3) is 1.93. The molecule has 1 aliphatic rings. The maximum absolute atomic E-state index is 11.7. The van der Waals surface area contributed by atoms with Crippen molar-refractivity contribution in [3.05, 3.63) is 17.5 Å². The highest BCUT2D eigenvalue weighted by Gasteiger charge is 2.26. The van der Waals surface area contributed by atoms with Crippen LogP contribution < -0.4 is 5.01 Å². The molecular weight excluding hydrogens is 204 g/mol. The van der Waals surface area contributed by atoms with Crippen LogP contribution in [-0.4, -0.2) is 21.6 Å². The highest BCUT2D eigenvalue weighted by atomic mass is 16.2. The Kier molecular flexibility index (Phi) is 2.68. The van der Waals surface area contributed by atoms with E-state index >= 15 is 0 Å². The molecule has 0 atom stereocenters. The van der Waals surface area contributed by atoms with Crippen molar-refractivity contribution in [2.75, 3.05) is 5.01 Å². The molecule has 0 fully saturated rings. The smallest absolute Gasteiger partial charge is 0.255 e. The number of hydrogen-bond acceptors (Lipinski definition) is 4. The summed E-state index contributed by atoms with van der Waals surface area (Å²) in [5.41, 5.74) is 2.57. The second kappa shape index (κ2) is 4.00. The minimum Gasteiger partial charge on any atom is -0.272 e. The van der Waals surface area contributed by atoms with Gasteiger partial charge in [0.15, 0.2) is 0 Å². The fourth-order valence-electron chi connectivity index (χ4n) is 1.64. The summed E-state index contributed by atoms with van der Waals surface area (Å²) in [6, 6.07) is 1.87. The first kappa shape index (κ1) is 10.7. The minimum atomic E-state index is -0.0538. The lowest BCUT2D eigenvalue weighted by Crippen LogP contribution is -2.22. The van der Waals surface area contributed by atoms with Crippen molar-refractivity contribution in [1.29, 1.82) is 0 Å². The molecular formula is C11H14N4O. The summed E-state index contributed by atoms with van der Waals surface area (Å²) in [5.74, 6) is 0.327. The number of aromatic nitrogens is 2. The molecule has 0 spiro atoms. The Hall–Kier alpha value is -1.78. The molecule has 1 aromatic heterocycles. The number of anilines is 1. The number of carbonyl (C=O) groups is 1. The van der Waals surface area contributed by atoms with Crippen LogP contribution in [0.25, 0.3) is 0 Å². The molecule has 0 unspecified atom stereocenters. The molecule has 0 aromatic carbocycles. The van der Waals surface area contributed by atoms with Gasteiger partial charge in [0.25, 0.3) is 11.9 Å². The third-order valence-electron chi connectivity index (χ3n) is 2.40. The average molecular weight is 218 g/mol. The number of rotatable bonds is 2. The number of nitrogens with zero attached hydrogens (tertiary/aromatic N) is 4. The monoisotopic (exact) mass is 218 g/mol. The van der Waals surface area contributed by atoms with Gasteiger partial charge >= 0.3 is 0 Å². The van der Waals surface area contributed by atoms with Gasteiger partial charge in [0.1, 0.15) is 0 Å². The van der Waals surface area contributed by atoms with Gasteiger partial charge in [0.2, 0.25) is 0 Å². The first-order valence-corrected chi connectivity index (χ1v) is 5.31. The summed E-state index contributed by atoms with van der Waals surface area (Å²) in [6.07, 6.45) is 1.17. The zero-order valence-corrected chi connectivity index (χ0v) is 9.69. The van der Waals surface area contributed by atoms with Crippen LogP contribution in [0.4, 0.5) is 5.95 Å². The Labute approximate surface area is 94.2 Å². The van der Waals surface area contributed by atoms with Gasteiger partial charge in [-0.1, -0.05) is 6.92 Å². The number of carbonyl (C=O) groups excluding carboxylic acids is 1. The van der Waals surface area contributed by atoms with Crippen molar-refractivity contribution in [3.8, 4) is 0 Å². The number of hydrazone groups is 1. The molecule has 2 heterocycles. The van der Waals surface area contributed by atoms with Gasteiger partial charge in [0, 0.05) is 17.1 Å². The van der Waals surface area contributed by atoms with E-state index in [-0.39, 0.29) is 5.91 Å². The first-order chi connectivity index (χ1) is 7.60. The van der Waals surface area contributed by atoms with Gasteiger partial charge in [-0.25, -0.2) is 9.97 Å². The van der Waals surface area contributed by atoms with Gasteiger partial charge in [0.05, 0.1) is 6.42 Å². The van der Waals surface area contributed by atoms with Gasteiger partial charge in [-0.15, -0.1) is 0 Å². The molecule has 1 amide bonds. The lowest BCUT2D eigenvalue weighted by atomic mass is 10.2. The van der Waals surface area contributed by atoms with Crippen molar-refractivity contribution in [1.82, 2.24) is 9.97 Å². The van der Waals surface area contributed by atoms with Crippen molar-refractivity contribution in [2.24, 2.45) is 5.10 Å². The van der Waals surface area contributed by atoms with Crippen LogP contribution in [-0.2, 0) is 4.79 Å². The Morgan fingerprint density at radius 2 is 1.94 bits per heavy atom. The highest BCUT2D eigenvalue weighted by molar-refractivity contribution is 6.12. The molecule has 5 nitrogen and oxygen atoms in total. The third-order valence-corrected chi connectivity index (χ3v) is 2.40. The van der Waals surface area contributed by atoms with Crippen LogP contribution in [0.5, 0.6) is 0 Å². The van der Waals surface area contributed by atoms with E-state index in [9.17, 15) is 4.79 Å². The highest BCUT2D eigenvalue weighted by Crippen LogP contribution is 2.17. The fourth-order valence-corrected chi connectivity index (χ4v) is 1.64. The molecule has 0 aliphatic carbocycles. The molecule has 0 bridgehead atoms. The maximum Gasteiger partial charge on any atom is 0.255 e. The SMILES string of the molecule is CCC1=NN(c2nc(C)cc(C)n2)C(=O)C1. The topological polar surface area (TPSA) is 58.5 Å². The summed E-state index contributed by atoms with van der Waals surface area (Å²) in [4.78, 5) is 20.1. The fraction of sp³-hybridized carbons (Fsp3) is 0.455. The van der Waals surface area contributed by atoms with Crippen LogP contribution in [0, 0.1) is 13.8 Å². The molecule has 0 radical (unpaired) electrons. The summed E-state index contributed by atoms with van der Waals surface area (Å²) < 4.78 is 0. The first-order valence-electron chi connectivity index (χ1n) is 5.31. The van der Waals surface area contributed by atoms with Crippen LogP contribution in [0.15, 0.2) is 11.2 Å². The van der Waals surface area contributed by atoms with Gasteiger partial charge in [-0.05, 0) is 26.3 Å². The molecule has 0 N–H and O–H groups in total. The molecule has 1 aromatic rings. The Bertz CT molecular complexity index is 447. The summed E-state index contributed by atoms with van der Waals surface area (Å²) in [6.45, 7) is 5.74. The molecule has 0 saturated carbocycles. The number of hydrogen-bond donors (Lipinski definition) is 0. The van der Waals surface area contributed by atoms with Crippen molar-refractivity contribution < 1.29 is 4.79 Å². The van der Waals surface area contributed by atoms with Crippen molar-refractivity contribution >= 4 is 17.6 Å². The zero-order chi connectivity index (χ0) is 11.7. The summed E-state index contributed by atoms with van der Waals surface area (Å²) in [7, 11) is 0. The van der Waals surface area contributed by atoms with Crippen LogP contribution in [0.1, 0.15) is 31.2 Å². The average Bonchev–Trinajstić information content (AvgIpc) is 2.58. The molecule has 84 valence electrons. The molecule has 0 saturated heterocycles. The van der Waals surface area contributed by atoms with E-state index in [1.165, 1.54) is 5.01 Å². The summed E-state index contributed by atoms with van der Waals surface area (Å²) >= 11 is 0. The standard InChI is InChI=1S/C11H14N4O/c1-4-9-6-10(16)15(14-9)11-12-7(2)5-8(3)13-11/h5H,4,6H2,1-3H3. The molecule has 5 heteroatoms. The molecule has 16 heavy (non-hydrogen) atoms. The number of aryl methyl sites for hydroxylation is 2. The van der Waals surface area contributed by atoms with E-state index in [0.29, 0.717) is 12.4 Å². The van der Waals surface area contributed by atoms with E-state index in [4.69, 9.17) is 0 Å². The largest absolute Gasteiger partial charge is 0.272 e. The molecule has 2 rings (SSSR count). The van der Waals surface area contributed by atoms with Crippen LogP contribution in [0.2, 0.25) is 0 Å². The van der Waals surface area contributed by atoms with Crippen molar-refractivity contribution in [2.45, 2.75) is 33.6 Å². The quantitative estimate of drug-likeness (QED) is 0.757. The predicted octanol–water partition coefficient (Wildman–Crippen LogP) is 1.60. The van der Waals surface area contributed by atoms with Gasteiger partial charge in [-0.2, -0.15) is 10.1 Å². The second-order valence-corrected chi connectivity index (χ2v) is 3.85. The van der Waals surface area contributed by atoms with E-state index in [1.54, 1.807) is 0 Å². The Balaban J connectivity index is 2.37. The normalized spacial score (nSPS) is 15.6. The van der Waals surface area contributed by atoms with E-state index in [1.807, 2.05) is 26.8 Å².